The zero-order chi connectivity index (χ0) is 25.4. The first-order chi connectivity index (χ1) is 14.0. The summed E-state index contributed by atoms with van der Waals surface area (Å²) in [6, 6.07) is 0. The minimum Gasteiger partial charge on any atom is -0.748 e. The van der Waals surface area contributed by atoms with Gasteiger partial charge in [0.1, 0.15) is 0 Å². The number of carboxylic acids is 1. The summed E-state index contributed by atoms with van der Waals surface area (Å²) in [5, 5.41) is 10.7. The quantitative estimate of drug-likeness (QED) is 0.250. The smallest absolute Gasteiger partial charge is 0.748 e. The Morgan fingerprint density at radius 2 is 1.34 bits per heavy atom. The van der Waals surface area contributed by atoms with Gasteiger partial charge in [0.25, 0.3) is 0 Å². The molecule has 0 saturated carbocycles. The molecule has 0 radical (unpaired) electrons. The molecule has 0 saturated heterocycles. The van der Waals surface area contributed by atoms with Crippen LogP contribution in [0.5, 0.6) is 0 Å². The van der Waals surface area contributed by atoms with E-state index in [9.17, 15) is 27.4 Å². The predicted octanol–water partition coefficient (Wildman–Crippen LogP) is 0.189. The Balaban J connectivity index is -0.000000198. The van der Waals surface area contributed by atoms with Crippen LogP contribution in [-0.2, 0) is 29.2 Å². The molecule has 186 valence electrons. The summed E-state index contributed by atoms with van der Waals surface area (Å²) in [6.07, 6.45) is 2.25. The zero-order valence-electron chi connectivity index (χ0n) is 21.5. The van der Waals surface area contributed by atoms with E-state index in [4.69, 9.17) is 9.84 Å². The number of amides is 1. The van der Waals surface area contributed by atoms with Crippen LogP contribution in [0.15, 0.2) is 0 Å². The van der Waals surface area contributed by atoms with Crippen LogP contribution in [0.4, 0.5) is 0 Å². The summed E-state index contributed by atoms with van der Waals surface area (Å²) in [5.74, 6) is -1.92. The summed E-state index contributed by atoms with van der Waals surface area (Å²) in [5.41, 5.74) is -1.01. The van der Waals surface area contributed by atoms with Crippen molar-refractivity contribution in [2.24, 2.45) is 17.8 Å². The van der Waals surface area contributed by atoms with Gasteiger partial charge in [-0.05, 0) is 40.0 Å². The second-order valence-corrected chi connectivity index (χ2v) is 9.50. The maximum absolute atomic E-state index is 11.5. The van der Waals surface area contributed by atoms with Gasteiger partial charge in [0.15, 0.2) is 0 Å². The fourth-order valence-corrected chi connectivity index (χ4v) is 2.70. The summed E-state index contributed by atoms with van der Waals surface area (Å²) in [7, 11) is -4.32. The molecule has 0 spiro atoms. The molecule has 0 rings (SSSR count). The van der Waals surface area contributed by atoms with E-state index in [1.165, 1.54) is 13.8 Å². The normalized spacial score (nSPS) is 13.4. The third-order valence-electron chi connectivity index (χ3n) is 4.39. The van der Waals surface area contributed by atoms with Crippen LogP contribution in [0, 0.1) is 17.8 Å². The standard InChI is InChI=1S/C9H19NO4S.C7H14O2.C5H10O2.Na/c1-5-7(2)8(11)10-9(3,4)6-15(12,13)14;1-4-6(3)7(8)9-5-2;1-3-4(2)5(6)7;/h7H,5-6H2,1-4H3,(H,10,11)(H,12,13,14);6H,4-5H2,1-3H3;4H,3H2,1-2H3,(H,6,7);/q;;;+1/p-1. The first kappa shape index (κ1) is 38.6. The third-order valence-corrected chi connectivity index (χ3v) is 5.47. The van der Waals surface area contributed by atoms with Crippen LogP contribution in [-0.4, -0.2) is 53.8 Å². The number of carboxylic acid groups (broad SMARTS) is 1. The molecule has 0 fully saturated rings. The van der Waals surface area contributed by atoms with E-state index in [0.29, 0.717) is 13.0 Å². The van der Waals surface area contributed by atoms with Crippen molar-refractivity contribution in [2.75, 3.05) is 12.4 Å². The van der Waals surface area contributed by atoms with Crippen LogP contribution in [0.25, 0.3) is 0 Å². The van der Waals surface area contributed by atoms with Crippen molar-refractivity contribution in [3.8, 4) is 0 Å². The molecule has 0 aromatic carbocycles. The minimum atomic E-state index is -4.32. The predicted molar refractivity (Wildman–Crippen MR) is 119 cm³/mol. The molecule has 0 aliphatic rings. The van der Waals surface area contributed by atoms with E-state index >= 15 is 0 Å². The molecule has 3 atom stereocenters. The zero-order valence-corrected chi connectivity index (χ0v) is 24.3. The first-order valence-electron chi connectivity index (χ1n) is 10.6. The maximum atomic E-state index is 11.5. The van der Waals surface area contributed by atoms with Gasteiger partial charge in [0, 0.05) is 11.5 Å². The van der Waals surface area contributed by atoms with E-state index in [1.54, 1.807) is 13.8 Å². The molecule has 11 heteroatoms. The minimum absolute atomic E-state index is 0. The van der Waals surface area contributed by atoms with Gasteiger partial charge in [0.2, 0.25) is 5.91 Å². The number of hydrogen-bond donors (Lipinski definition) is 2. The molecule has 0 aliphatic heterocycles. The largest absolute Gasteiger partial charge is 1.00 e. The molecule has 2 N–H and O–H groups in total. The second-order valence-electron chi connectivity index (χ2n) is 8.09. The van der Waals surface area contributed by atoms with Crippen molar-refractivity contribution in [3.05, 3.63) is 0 Å². The molecular formula is C21H42NNaO8S. The molecule has 32 heavy (non-hydrogen) atoms. The van der Waals surface area contributed by atoms with Gasteiger partial charge in [-0.2, -0.15) is 0 Å². The van der Waals surface area contributed by atoms with E-state index < -0.39 is 27.4 Å². The maximum Gasteiger partial charge on any atom is 1.00 e. The number of esters is 1. The molecule has 9 nitrogen and oxygen atoms in total. The van der Waals surface area contributed by atoms with E-state index in [1.807, 2.05) is 34.6 Å². The Labute approximate surface area is 216 Å². The Morgan fingerprint density at radius 1 is 0.938 bits per heavy atom. The number of ether oxygens (including phenoxy) is 1. The van der Waals surface area contributed by atoms with Crippen molar-refractivity contribution in [3.63, 3.8) is 0 Å². The number of aliphatic carboxylic acids is 1. The van der Waals surface area contributed by atoms with Crippen LogP contribution in [0.2, 0.25) is 0 Å². The summed E-state index contributed by atoms with van der Waals surface area (Å²) < 4.78 is 36.4. The Kier molecular flexibility index (Phi) is 23.8. The number of hydrogen-bond acceptors (Lipinski definition) is 7. The van der Waals surface area contributed by atoms with Gasteiger partial charge in [0.05, 0.1) is 34.3 Å². The van der Waals surface area contributed by atoms with Crippen molar-refractivity contribution >= 4 is 28.0 Å². The van der Waals surface area contributed by atoms with Crippen molar-refractivity contribution in [2.45, 2.75) is 87.1 Å². The van der Waals surface area contributed by atoms with Gasteiger partial charge < -0.3 is 19.7 Å². The first-order valence-corrected chi connectivity index (χ1v) is 12.2. The molecular weight excluding hydrogens is 449 g/mol. The molecule has 0 aromatic rings. The molecule has 0 bridgehead atoms. The average Bonchev–Trinajstić information content (AvgIpc) is 2.64. The number of carbonyl (C=O) groups is 3. The van der Waals surface area contributed by atoms with Crippen LogP contribution >= 0.6 is 0 Å². The fraction of sp³-hybridized carbons (Fsp3) is 0.857. The van der Waals surface area contributed by atoms with Gasteiger partial charge in [-0.3, -0.25) is 14.4 Å². The summed E-state index contributed by atoms with van der Waals surface area (Å²) in [6.45, 7) is 16.4. The van der Waals surface area contributed by atoms with Gasteiger partial charge in [-0.1, -0.05) is 41.5 Å². The molecule has 0 heterocycles. The van der Waals surface area contributed by atoms with Gasteiger partial charge in [-0.15, -0.1) is 0 Å². The second kappa shape index (κ2) is 19.8. The molecule has 0 aromatic heterocycles. The van der Waals surface area contributed by atoms with Gasteiger partial charge >= 0.3 is 41.5 Å². The summed E-state index contributed by atoms with van der Waals surface area (Å²) in [4.78, 5) is 32.1. The topological polar surface area (TPSA) is 150 Å². The van der Waals surface area contributed by atoms with Gasteiger partial charge in [-0.25, -0.2) is 8.42 Å². The van der Waals surface area contributed by atoms with Crippen molar-refractivity contribution < 1.29 is 66.8 Å². The molecule has 3 unspecified atom stereocenters. The van der Waals surface area contributed by atoms with E-state index in [2.05, 4.69) is 5.32 Å². The van der Waals surface area contributed by atoms with Crippen LogP contribution in [0.1, 0.15) is 81.6 Å². The third kappa shape index (κ3) is 24.0. The monoisotopic (exact) mass is 491 g/mol. The summed E-state index contributed by atoms with van der Waals surface area (Å²) >= 11 is 0. The van der Waals surface area contributed by atoms with E-state index in [-0.39, 0.29) is 59.2 Å². The Morgan fingerprint density at radius 3 is 1.59 bits per heavy atom. The van der Waals surface area contributed by atoms with Crippen LogP contribution < -0.4 is 34.9 Å². The van der Waals surface area contributed by atoms with Crippen LogP contribution in [0.3, 0.4) is 0 Å². The Bertz CT molecular complexity index is 638. The van der Waals surface area contributed by atoms with E-state index in [0.717, 1.165) is 12.8 Å². The molecule has 1 amide bonds. The average molecular weight is 492 g/mol. The molecule has 0 aliphatic carbocycles. The fourth-order valence-electron chi connectivity index (χ4n) is 1.75. The van der Waals surface area contributed by atoms with Crippen molar-refractivity contribution in [1.29, 1.82) is 0 Å². The number of carbonyl (C=O) groups excluding carboxylic acids is 2. The van der Waals surface area contributed by atoms with Crippen molar-refractivity contribution in [1.82, 2.24) is 5.32 Å². The SMILES string of the molecule is CCC(C)C(=O)NC(C)(C)CS(=O)(=O)[O-].CCC(C)C(=O)O.CCOC(=O)C(C)CC.[Na+]. The number of nitrogens with one attached hydrogen (secondary N) is 1. The number of rotatable bonds is 10. The Hall–Kier alpha value is -0.680.